The van der Waals surface area contributed by atoms with Gasteiger partial charge in [-0.2, -0.15) is 5.10 Å². The molecule has 0 aliphatic heterocycles. The van der Waals surface area contributed by atoms with E-state index in [1.54, 1.807) is 6.20 Å². The largest absolute Gasteiger partial charge is 0.351 e. The first-order chi connectivity index (χ1) is 14.2. The summed E-state index contributed by atoms with van der Waals surface area (Å²) in [6.07, 6.45) is 3.71. The van der Waals surface area contributed by atoms with Crippen LogP contribution in [0.5, 0.6) is 0 Å². The number of carbonyl (C=O) groups excluding carboxylic acids is 1. The topological polar surface area (TPSA) is 46.9 Å². The van der Waals surface area contributed by atoms with Gasteiger partial charge in [-0.1, -0.05) is 60.1 Å². The van der Waals surface area contributed by atoms with Crippen molar-refractivity contribution in [3.8, 4) is 0 Å². The van der Waals surface area contributed by atoms with Crippen LogP contribution in [0.25, 0.3) is 10.8 Å². The molecule has 0 radical (unpaired) electrons. The maximum absolute atomic E-state index is 12.3. The van der Waals surface area contributed by atoms with Gasteiger partial charge in [-0.3, -0.25) is 9.48 Å². The Morgan fingerprint density at radius 3 is 2.52 bits per heavy atom. The molecular formula is C23H20ClN3OS. The fraction of sp³-hybridized carbons (Fsp3) is 0.130. The highest BCUT2D eigenvalue weighted by Crippen LogP contribution is 2.33. The highest BCUT2D eigenvalue weighted by atomic mass is 35.5. The van der Waals surface area contributed by atoms with E-state index in [4.69, 9.17) is 11.6 Å². The molecule has 0 bridgehead atoms. The van der Waals surface area contributed by atoms with Gasteiger partial charge < -0.3 is 5.32 Å². The first kappa shape index (κ1) is 19.6. The minimum Gasteiger partial charge on any atom is -0.351 e. The number of aromatic nitrogens is 2. The first-order valence-electron chi connectivity index (χ1n) is 9.31. The number of benzene rings is 3. The van der Waals surface area contributed by atoms with E-state index >= 15 is 0 Å². The quantitative estimate of drug-likeness (QED) is 0.420. The molecule has 4 rings (SSSR count). The Hall–Kier alpha value is -2.76. The molecule has 0 aliphatic rings. The number of thioether (sulfide) groups is 1. The third-order valence-electron chi connectivity index (χ3n) is 4.59. The molecule has 6 heteroatoms. The van der Waals surface area contributed by atoms with Crippen LogP contribution in [0.2, 0.25) is 5.02 Å². The second-order valence-corrected chi connectivity index (χ2v) is 8.10. The third-order valence-corrected chi connectivity index (χ3v) is 5.96. The molecular weight excluding hydrogens is 402 g/mol. The zero-order valence-electron chi connectivity index (χ0n) is 15.7. The lowest BCUT2D eigenvalue weighted by atomic mass is 10.1. The van der Waals surface area contributed by atoms with Crippen molar-refractivity contribution in [2.45, 2.75) is 18.0 Å². The molecule has 4 nitrogen and oxygen atoms in total. The Bertz CT molecular complexity index is 1110. The van der Waals surface area contributed by atoms with Gasteiger partial charge in [0.25, 0.3) is 0 Å². The fourth-order valence-electron chi connectivity index (χ4n) is 3.12. The lowest BCUT2D eigenvalue weighted by Gasteiger charge is -2.09. The van der Waals surface area contributed by atoms with E-state index in [2.05, 4.69) is 22.5 Å². The van der Waals surface area contributed by atoms with Gasteiger partial charge in [0.15, 0.2) is 0 Å². The molecule has 0 fully saturated rings. The van der Waals surface area contributed by atoms with Crippen LogP contribution in [0.4, 0.5) is 0 Å². The van der Waals surface area contributed by atoms with Crippen LogP contribution in [0, 0.1) is 0 Å². The molecule has 0 spiro atoms. The number of carbonyl (C=O) groups is 1. The van der Waals surface area contributed by atoms with Crippen LogP contribution in [0.1, 0.15) is 11.1 Å². The predicted molar refractivity (Wildman–Crippen MR) is 119 cm³/mol. The normalized spacial score (nSPS) is 10.9. The second kappa shape index (κ2) is 9.16. The summed E-state index contributed by atoms with van der Waals surface area (Å²) in [5.74, 6) is 0.349. The molecule has 1 N–H and O–H groups in total. The molecule has 3 aromatic carbocycles. The molecule has 0 atom stereocenters. The summed E-state index contributed by atoms with van der Waals surface area (Å²) >= 11 is 7.86. The predicted octanol–water partition coefficient (Wildman–Crippen LogP) is 5.15. The maximum atomic E-state index is 12.3. The Kier molecular flexibility index (Phi) is 6.17. The molecule has 1 aromatic heterocycles. The van der Waals surface area contributed by atoms with Crippen molar-refractivity contribution in [1.29, 1.82) is 0 Å². The number of nitrogens with one attached hydrogen (secondary N) is 1. The van der Waals surface area contributed by atoms with Crippen molar-refractivity contribution in [2.24, 2.45) is 0 Å². The van der Waals surface area contributed by atoms with Crippen LogP contribution >= 0.6 is 23.4 Å². The standard InChI is InChI=1S/C23H20ClN3OS/c24-20-6-1-4-19-5-2-7-21(23(19)20)29-16-22(28)25-14-17-8-10-18(11-9-17)15-27-13-3-12-26-27/h1-13H,14-16H2,(H,25,28). The van der Waals surface area contributed by atoms with E-state index in [9.17, 15) is 4.79 Å². The van der Waals surface area contributed by atoms with Gasteiger partial charge in [0.05, 0.1) is 12.3 Å². The van der Waals surface area contributed by atoms with Crippen LogP contribution in [-0.2, 0) is 17.9 Å². The van der Waals surface area contributed by atoms with Gasteiger partial charge in [0.2, 0.25) is 5.91 Å². The smallest absolute Gasteiger partial charge is 0.230 e. The highest BCUT2D eigenvalue weighted by molar-refractivity contribution is 8.00. The van der Waals surface area contributed by atoms with Crippen LogP contribution in [0.3, 0.4) is 0 Å². The molecule has 0 saturated heterocycles. The minimum absolute atomic E-state index is 0.000302. The van der Waals surface area contributed by atoms with Crippen molar-refractivity contribution in [1.82, 2.24) is 15.1 Å². The third kappa shape index (κ3) is 5.00. The Morgan fingerprint density at radius 2 is 1.76 bits per heavy atom. The van der Waals surface area contributed by atoms with Crippen molar-refractivity contribution < 1.29 is 4.79 Å². The van der Waals surface area contributed by atoms with E-state index in [-0.39, 0.29) is 5.91 Å². The number of rotatable bonds is 7. The number of halogens is 1. The second-order valence-electron chi connectivity index (χ2n) is 6.68. The highest BCUT2D eigenvalue weighted by Gasteiger charge is 2.08. The Balaban J connectivity index is 1.30. The Morgan fingerprint density at radius 1 is 1.00 bits per heavy atom. The SMILES string of the molecule is O=C(CSc1cccc2cccc(Cl)c12)NCc1ccc(Cn2cccn2)cc1. The molecule has 146 valence electrons. The maximum Gasteiger partial charge on any atom is 0.230 e. The van der Waals surface area contributed by atoms with Crippen molar-refractivity contribution in [3.05, 3.63) is 95.3 Å². The number of amides is 1. The van der Waals surface area contributed by atoms with Crippen molar-refractivity contribution in [3.63, 3.8) is 0 Å². The van der Waals surface area contributed by atoms with Gasteiger partial charge in [-0.25, -0.2) is 0 Å². The van der Waals surface area contributed by atoms with Crippen LogP contribution < -0.4 is 5.32 Å². The van der Waals surface area contributed by atoms with Crippen LogP contribution in [-0.4, -0.2) is 21.4 Å². The molecule has 0 aliphatic carbocycles. The number of nitrogens with zero attached hydrogens (tertiary/aromatic N) is 2. The fourth-order valence-corrected chi connectivity index (χ4v) is 4.40. The Labute approximate surface area is 178 Å². The average molecular weight is 422 g/mol. The van der Waals surface area contributed by atoms with Gasteiger partial charge in [-0.05, 0) is 34.7 Å². The average Bonchev–Trinajstić information content (AvgIpc) is 3.25. The minimum atomic E-state index is -0.000302. The number of hydrogen-bond donors (Lipinski definition) is 1. The molecule has 1 heterocycles. The van der Waals surface area contributed by atoms with Gasteiger partial charge in [0.1, 0.15) is 0 Å². The summed E-state index contributed by atoms with van der Waals surface area (Å²) in [5.41, 5.74) is 2.24. The monoisotopic (exact) mass is 421 g/mol. The van der Waals surface area contributed by atoms with Crippen molar-refractivity contribution >= 4 is 40.0 Å². The molecule has 1 amide bonds. The summed E-state index contributed by atoms with van der Waals surface area (Å²) in [5, 5.41) is 9.99. The molecule has 29 heavy (non-hydrogen) atoms. The lowest BCUT2D eigenvalue weighted by Crippen LogP contribution is -2.24. The van der Waals surface area contributed by atoms with E-state index in [0.717, 1.165) is 27.8 Å². The van der Waals surface area contributed by atoms with Crippen LogP contribution in [0.15, 0.2) is 84.0 Å². The number of hydrogen-bond acceptors (Lipinski definition) is 3. The van der Waals surface area contributed by atoms with Gasteiger partial charge >= 0.3 is 0 Å². The van der Waals surface area contributed by atoms with E-state index in [1.807, 2.05) is 65.5 Å². The zero-order chi connectivity index (χ0) is 20.1. The lowest BCUT2D eigenvalue weighted by molar-refractivity contribution is -0.118. The van der Waals surface area contributed by atoms with E-state index in [1.165, 1.54) is 17.3 Å². The summed E-state index contributed by atoms with van der Waals surface area (Å²) in [6.45, 7) is 1.25. The molecule has 4 aromatic rings. The zero-order valence-corrected chi connectivity index (χ0v) is 17.3. The summed E-state index contributed by atoms with van der Waals surface area (Å²) in [7, 11) is 0. The summed E-state index contributed by atoms with van der Waals surface area (Å²) < 4.78 is 1.88. The molecule has 0 unspecified atom stereocenters. The number of fused-ring (bicyclic) bond motifs is 1. The van der Waals surface area contributed by atoms with E-state index < -0.39 is 0 Å². The first-order valence-corrected chi connectivity index (χ1v) is 10.7. The van der Waals surface area contributed by atoms with Gasteiger partial charge in [-0.15, -0.1) is 11.8 Å². The molecule has 0 saturated carbocycles. The van der Waals surface area contributed by atoms with E-state index in [0.29, 0.717) is 17.3 Å². The summed E-state index contributed by atoms with van der Waals surface area (Å²) in [6, 6.07) is 22.0. The van der Waals surface area contributed by atoms with Crippen molar-refractivity contribution in [2.75, 3.05) is 5.75 Å². The summed E-state index contributed by atoms with van der Waals surface area (Å²) in [4.78, 5) is 13.3. The van der Waals surface area contributed by atoms with Gasteiger partial charge in [0, 0.05) is 34.2 Å².